The molecule has 0 saturated heterocycles. The Morgan fingerprint density at radius 3 is 2.70 bits per heavy atom. The predicted molar refractivity (Wildman–Crippen MR) is 76.3 cm³/mol. The first-order valence-corrected chi connectivity index (χ1v) is 6.44. The summed E-state index contributed by atoms with van der Waals surface area (Å²) >= 11 is 0. The van der Waals surface area contributed by atoms with Crippen LogP contribution < -0.4 is 5.32 Å². The van der Waals surface area contributed by atoms with Crippen LogP contribution in [0.1, 0.15) is 24.7 Å². The molecule has 0 aromatic carbocycles. The zero-order valence-electron chi connectivity index (χ0n) is 11.8. The number of imidazole rings is 1. The summed E-state index contributed by atoms with van der Waals surface area (Å²) in [5.74, 6) is 0.910. The smallest absolute Gasteiger partial charge is 0.312 e. The molecule has 7 heteroatoms. The van der Waals surface area contributed by atoms with Gasteiger partial charge in [-0.2, -0.15) is 0 Å². The number of anilines is 1. The van der Waals surface area contributed by atoms with Crippen molar-refractivity contribution in [2.45, 2.75) is 27.2 Å². The van der Waals surface area contributed by atoms with E-state index in [0.29, 0.717) is 5.82 Å². The van der Waals surface area contributed by atoms with E-state index in [-0.39, 0.29) is 11.5 Å². The number of pyridine rings is 1. The lowest BCUT2D eigenvalue weighted by molar-refractivity contribution is -0.384. The molecule has 2 rings (SSSR count). The van der Waals surface area contributed by atoms with Crippen molar-refractivity contribution in [1.29, 1.82) is 0 Å². The lowest BCUT2D eigenvalue weighted by Crippen LogP contribution is -2.08. The largest absolute Gasteiger partial charge is 0.370 e. The highest BCUT2D eigenvalue weighted by Crippen LogP contribution is 2.24. The second kappa shape index (κ2) is 5.68. The van der Waals surface area contributed by atoms with Gasteiger partial charge in [0.25, 0.3) is 0 Å². The third-order valence-corrected chi connectivity index (χ3v) is 3.09. The molecule has 0 unspecified atom stereocenters. The predicted octanol–water partition coefficient (Wildman–Crippen LogP) is 2.61. The molecule has 0 aliphatic rings. The molecule has 0 amide bonds. The first kappa shape index (κ1) is 14.0. The summed E-state index contributed by atoms with van der Waals surface area (Å²) in [6, 6.07) is 3.09. The van der Waals surface area contributed by atoms with Gasteiger partial charge in [0.2, 0.25) is 5.82 Å². The molecule has 7 nitrogen and oxygen atoms in total. The van der Waals surface area contributed by atoms with Gasteiger partial charge in [0, 0.05) is 18.3 Å². The van der Waals surface area contributed by atoms with Gasteiger partial charge in [-0.05, 0) is 26.3 Å². The molecule has 2 aromatic rings. The summed E-state index contributed by atoms with van der Waals surface area (Å²) < 4.78 is 1.64. The number of nitrogens with one attached hydrogen (secondary N) is 1. The number of nitrogens with zero attached hydrogens (tertiary/aromatic N) is 4. The lowest BCUT2D eigenvalue weighted by Gasteiger charge is -2.09. The van der Waals surface area contributed by atoms with Gasteiger partial charge in [-0.1, -0.05) is 6.92 Å². The Balaban J connectivity index is 2.52. The van der Waals surface area contributed by atoms with Crippen LogP contribution in [0, 0.1) is 24.0 Å². The number of rotatable bonds is 5. The topological polar surface area (TPSA) is 85.9 Å². The zero-order valence-corrected chi connectivity index (χ0v) is 11.8. The van der Waals surface area contributed by atoms with Crippen molar-refractivity contribution >= 4 is 11.5 Å². The van der Waals surface area contributed by atoms with E-state index in [0.717, 1.165) is 24.4 Å². The molecule has 0 spiro atoms. The molecule has 0 bridgehead atoms. The Hall–Kier alpha value is -2.44. The molecule has 2 heterocycles. The molecule has 0 aliphatic carbocycles. The van der Waals surface area contributed by atoms with Crippen molar-refractivity contribution in [1.82, 2.24) is 14.5 Å². The van der Waals surface area contributed by atoms with Gasteiger partial charge in [0.1, 0.15) is 12.1 Å². The van der Waals surface area contributed by atoms with Crippen LogP contribution in [0.2, 0.25) is 0 Å². The maximum atomic E-state index is 11.1. The summed E-state index contributed by atoms with van der Waals surface area (Å²) in [5, 5.41) is 14.3. The lowest BCUT2D eigenvalue weighted by atomic mass is 10.3. The molecule has 1 N–H and O–H groups in total. The fourth-order valence-electron chi connectivity index (χ4n) is 1.82. The van der Waals surface area contributed by atoms with Crippen LogP contribution in [-0.2, 0) is 0 Å². The average Bonchev–Trinajstić information content (AvgIpc) is 2.76. The highest BCUT2D eigenvalue weighted by Gasteiger charge is 2.19. The standard InChI is InChI=1S/C13H17N5O2/c1-4-7-14-12-6-5-11(18(19)20)13(16-12)17-8-15-9(2)10(17)3/h5-6,8H,4,7H2,1-3H3,(H,14,16). The Bertz CT molecular complexity index is 636. The third-order valence-electron chi connectivity index (χ3n) is 3.09. The van der Waals surface area contributed by atoms with E-state index in [1.54, 1.807) is 17.0 Å². The van der Waals surface area contributed by atoms with Crippen LogP contribution >= 0.6 is 0 Å². The summed E-state index contributed by atoms with van der Waals surface area (Å²) in [6.45, 7) is 6.53. The molecule has 2 aromatic heterocycles. The highest BCUT2D eigenvalue weighted by atomic mass is 16.6. The van der Waals surface area contributed by atoms with Crippen molar-refractivity contribution in [2.75, 3.05) is 11.9 Å². The van der Waals surface area contributed by atoms with E-state index in [4.69, 9.17) is 0 Å². The Morgan fingerprint density at radius 2 is 2.15 bits per heavy atom. The molecule has 0 fully saturated rings. The van der Waals surface area contributed by atoms with Crippen molar-refractivity contribution < 1.29 is 4.92 Å². The number of nitro groups is 1. The summed E-state index contributed by atoms with van der Waals surface area (Å²) in [4.78, 5) is 19.2. The molecule has 20 heavy (non-hydrogen) atoms. The SMILES string of the molecule is CCCNc1ccc([N+](=O)[O-])c(-n2cnc(C)c2C)n1. The van der Waals surface area contributed by atoms with E-state index in [9.17, 15) is 10.1 Å². The number of aryl methyl sites for hydroxylation is 1. The van der Waals surface area contributed by atoms with Crippen LogP contribution in [-0.4, -0.2) is 26.0 Å². The molecule has 106 valence electrons. The van der Waals surface area contributed by atoms with Gasteiger partial charge in [-0.15, -0.1) is 0 Å². The first-order valence-electron chi connectivity index (χ1n) is 6.44. The van der Waals surface area contributed by atoms with Gasteiger partial charge < -0.3 is 5.32 Å². The van der Waals surface area contributed by atoms with Crippen LogP contribution in [0.15, 0.2) is 18.5 Å². The second-order valence-corrected chi connectivity index (χ2v) is 4.51. The fourth-order valence-corrected chi connectivity index (χ4v) is 1.82. The number of hydrogen-bond donors (Lipinski definition) is 1. The van der Waals surface area contributed by atoms with Crippen molar-refractivity contribution in [2.24, 2.45) is 0 Å². The van der Waals surface area contributed by atoms with Crippen LogP contribution in [0.3, 0.4) is 0 Å². The van der Waals surface area contributed by atoms with Gasteiger partial charge in [-0.25, -0.2) is 9.97 Å². The minimum absolute atomic E-state index is 0.0347. The van der Waals surface area contributed by atoms with Crippen LogP contribution in [0.25, 0.3) is 5.82 Å². The summed E-state index contributed by atoms with van der Waals surface area (Å²) in [6.07, 6.45) is 2.51. The second-order valence-electron chi connectivity index (χ2n) is 4.51. The van der Waals surface area contributed by atoms with E-state index in [1.807, 2.05) is 20.8 Å². The zero-order chi connectivity index (χ0) is 14.7. The Labute approximate surface area is 116 Å². The molecular formula is C13H17N5O2. The van der Waals surface area contributed by atoms with E-state index in [1.165, 1.54) is 6.07 Å². The van der Waals surface area contributed by atoms with Gasteiger partial charge in [-0.3, -0.25) is 14.7 Å². The average molecular weight is 275 g/mol. The fraction of sp³-hybridized carbons (Fsp3) is 0.385. The molecule has 0 atom stereocenters. The van der Waals surface area contributed by atoms with Crippen molar-refractivity contribution in [3.63, 3.8) is 0 Å². The van der Waals surface area contributed by atoms with E-state index < -0.39 is 4.92 Å². The monoisotopic (exact) mass is 275 g/mol. The van der Waals surface area contributed by atoms with Gasteiger partial charge >= 0.3 is 5.69 Å². The minimum atomic E-state index is -0.430. The number of hydrogen-bond acceptors (Lipinski definition) is 5. The maximum absolute atomic E-state index is 11.1. The van der Waals surface area contributed by atoms with Crippen LogP contribution in [0.4, 0.5) is 11.5 Å². The Morgan fingerprint density at radius 1 is 1.40 bits per heavy atom. The maximum Gasteiger partial charge on any atom is 0.312 e. The normalized spacial score (nSPS) is 10.6. The van der Waals surface area contributed by atoms with Crippen molar-refractivity contribution in [3.05, 3.63) is 40.0 Å². The summed E-state index contributed by atoms with van der Waals surface area (Å²) in [5.41, 5.74) is 1.63. The molecule has 0 aliphatic heterocycles. The first-order chi connectivity index (χ1) is 9.54. The van der Waals surface area contributed by atoms with E-state index >= 15 is 0 Å². The highest BCUT2D eigenvalue weighted by molar-refractivity contribution is 5.54. The Kier molecular flexibility index (Phi) is 3.97. The summed E-state index contributed by atoms with van der Waals surface area (Å²) in [7, 11) is 0. The van der Waals surface area contributed by atoms with Crippen LogP contribution in [0.5, 0.6) is 0 Å². The van der Waals surface area contributed by atoms with Gasteiger partial charge in [0.15, 0.2) is 0 Å². The minimum Gasteiger partial charge on any atom is -0.370 e. The molecule has 0 saturated carbocycles. The quantitative estimate of drug-likeness (QED) is 0.669. The molecular weight excluding hydrogens is 258 g/mol. The van der Waals surface area contributed by atoms with Crippen molar-refractivity contribution in [3.8, 4) is 5.82 Å². The van der Waals surface area contributed by atoms with Gasteiger partial charge in [0.05, 0.1) is 10.6 Å². The molecule has 0 radical (unpaired) electrons. The number of aromatic nitrogens is 3. The van der Waals surface area contributed by atoms with E-state index in [2.05, 4.69) is 15.3 Å². The third kappa shape index (κ3) is 2.61.